The maximum atomic E-state index is 5.86. The van der Waals surface area contributed by atoms with Gasteiger partial charge in [-0.15, -0.1) is 0 Å². The molecule has 106 valence electrons. The Labute approximate surface area is 117 Å². The molecule has 2 unspecified atom stereocenters. The van der Waals surface area contributed by atoms with Crippen LogP contribution in [0.1, 0.15) is 35.6 Å². The first-order chi connectivity index (χ1) is 8.98. The lowest BCUT2D eigenvalue weighted by atomic mass is 9.74. The monoisotopic (exact) mass is 261 g/mol. The van der Waals surface area contributed by atoms with E-state index in [2.05, 4.69) is 45.1 Å². The molecule has 1 aliphatic heterocycles. The molecule has 1 heterocycles. The molecule has 1 saturated heterocycles. The van der Waals surface area contributed by atoms with Gasteiger partial charge in [0.25, 0.3) is 0 Å². The maximum absolute atomic E-state index is 5.86. The van der Waals surface area contributed by atoms with Crippen LogP contribution in [0.3, 0.4) is 0 Å². The molecule has 2 rings (SSSR count). The smallest absolute Gasteiger partial charge is 0.0619 e. The fourth-order valence-electron chi connectivity index (χ4n) is 3.54. The van der Waals surface area contributed by atoms with Crippen LogP contribution < -0.4 is 5.32 Å². The van der Waals surface area contributed by atoms with Crippen molar-refractivity contribution in [2.75, 3.05) is 20.2 Å². The molecular weight excluding hydrogens is 234 g/mol. The Kier molecular flexibility index (Phi) is 4.32. The molecule has 1 N–H and O–H groups in total. The van der Waals surface area contributed by atoms with Crippen LogP contribution in [0.4, 0.5) is 0 Å². The van der Waals surface area contributed by atoms with Crippen LogP contribution in [-0.2, 0) is 11.2 Å². The summed E-state index contributed by atoms with van der Waals surface area (Å²) in [5.74, 6) is 0. The van der Waals surface area contributed by atoms with Crippen molar-refractivity contribution < 1.29 is 4.74 Å². The van der Waals surface area contributed by atoms with Crippen molar-refractivity contribution in [1.82, 2.24) is 5.32 Å². The lowest BCUT2D eigenvalue weighted by Gasteiger charge is -2.33. The Morgan fingerprint density at radius 3 is 2.37 bits per heavy atom. The van der Waals surface area contributed by atoms with Gasteiger partial charge in [0.2, 0.25) is 0 Å². The first-order valence-corrected chi connectivity index (χ1v) is 7.31. The Balaban J connectivity index is 2.32. The van der Waals surface area contributed by atoms with Crippen LogP contribution in [-0.4, -0.2) is 26.3 Å². The highest BCUT2D eigenvalue weighted by Gasteiger charge is 2.41. The van der Waals surface area contributed by atoms with Crippen molar-refractivity contribution in [1.29, 1.82) is 0 Å². The molecule has 0 bridgehead atoms. The van der Waals surface area contributed by atoms with Gasteiger partial charge in [0.05, 0.1) is 6.10 Å². The van der Waals surface area contributed by atoms with Crippen molar-refractivity contribution in [2.24, 2.45) is 5.41 Å². The minimum Gasteiger partial charge on any atom is -0.378 e. The predicted molar refractivity (Wildman–Crippen MR) is 80.7 cm³/mol. The molecular formula is C17H27NO. The summed E-state index contributed by atoms with van der Waals surface area (Å²) in [6.07, 6.45) is 2.61. The highest BCUT2D eigenvalue weighted by atomic mass is 16.5. The Morgan fingerprint density at radius 1 is 1.26 bits per heavy atom. The van der Waals surface area contributed by atoms with Gasteiger partial charge >= 0.3 is 0 Å². The topological polar surface area (TPSA) is 21.3 Å². The van der Waals surface area contributed by atoms with Crippen LogP contribution in [0.2, 0.25) is 0 Å². The van der Waals surface area contributed by atoms with E-state index in [1.807, 2.05) is 7.05 Å². The number of rotatable bonds is 4. The standard InChI is InChI=1S/C17H27NO/c1-12-8-13(2)16(14(3)9-12)10-17(11-18-5)6-7-19-15(17)4/h8-9,15,18H,6-7,10-11H2,1-5H3. The van der Waals surface area contributed by atoms with Crippen LogP contribution in [0.5, 0.6) is 0 Å². The number of aryl methyl sites for hydroxylation is 3. The molecule has 1 aromatic rings. The predicted octanol–water partition coefficient (Wildman–Crippen LogP) is 3.17. The third-order valence-corrected chi connectivity index (χ3v) is 4.73. The molecule has 2 nitrogen and oxygen atoms in total. The third-order valence-electron chi connectivity index (χ3n) is 4.73. The molecule has 0 saturated carbocycles. The van der Waals surface area contributed by atoms with Crippen molar-refractivity contribution >= 4 is 0 Å². The summed E-state index contributed by atoms with van der Waals surface area (Å²) in [5, 5.41) is 3.37. The Bertz CT molecular complexity index is 432. The van der Waals surface area contributed by atoms with E-state index in [1.165, 1.54) is 22.3 Å². The second-order valence-electron chi connectivity index (χ2n) is 6.21. The summed E-state index contributed by atoms with van der Waals surface area (Å²) >= 11 is 0. The van der Waals surface area contributed by atoms with E-state index in [4.69, 9.17) is 4.74 Å². The number of ether oxygens (including phenoxy) is 1. The zero-order valence-electron chi connectivity index (χ0n) is 13.0. The van der Waals surface area contributed by atoms with Crippen LogP contribution >= 0.6 is 0 Å². The van der Waals surface area contributed by atoms with Crippen molar-refractivity contribution in [2.45, 2.75) is 46.6 Å². The molecule has 0 aliphatic carbocycles. The second kappa shape index (κ2) is 5.64. The second-order valence-corrected chi connectivity index (χ2v) is 6.21. The average Bonchev–Trinajstić information content (AvgIpc) is 2.66. The van der Waals surface area contributed by atoms with Gasteiger partial charge in [0, 0.05) is 18.6 Å². The summed E-state index contributed by atoms with van der Waals surface area (Å²) < 4.78 is 5.86. The zero-order valence-corrected chi connectivity index (χ0v) is 13.0. The highest BCUT2D eigenvalue weighted by Crippen LogP contribution is 2.39. The van der Waals surface area contributed by atoms with Gasteiger partial charge in [0.1, 0.15) is 0 Å². The van der Waals surface area contributed by atoms with E-state index in [1.54, 1.807) is 0 Å². The Morgan fingerprint density at radius 2 is 1.89 bits per heavy atom. The summed E-state index contributed by atoms with van der Waals surface area (Å²) in [4.78, 5) is 0. The summed E-state index contributed by atoms with van der Waals surface area (Å²) in [5.41, 5.74) is 5.97. The van der Waals surface area contributed by atoms with Crippen molar-refractivity contribution in [3.8, 4) is 0 Å². The lowest BCUT2D eigenvalue weighted by Crippen LogP contribution is -2.40. The van der Waals surface area contributed by atoms with Gasteiger partial charge in [0.15, 0.2) is 0 Å². The van der Waals surface area contributed by atoms with Gasteiger partial charge in [-0.2, -0.15) is 0 Å². The molecule has 1 aromatic carbocycles. The number of hydrogen-bond donors (Lipinski definition) is 1. The highest BCUT2D eigenvalue weighted by molar-refractivity contribution is 5.38. The summed E-state index contributed by atoms with van der Waals surface area (Å²) in [6.45, 7) is 10.8. The van der Waals surface area contributed by atoms with Crippen LogP contribution in [0, 0.1) is 26.2 Å². The maximum Gasteiger partial charge on any atom is 0.0619 e. The van der Waals surface area contributed by atoms with Crippen molar-refractivity contribution in [3.63, 3.8) is 0 Å². The lowest BCUT2D eigenvalue weighted by molar-refractivity contribution is 0.0638. The SMILES string of the molecule is CNCC1(Cc2c(C)cc(C)cc2C)CCOC1C. The van der Waals surface area contributed by atoms with Crippen LogP contribution in [0.15, 0.2) is 12.1 Å². The molecule has 0 amide bonds. The van der Waals surface area contributed by atoms with E-state index in [0.29, 0.717) is 6.10 Å². The average molecular weight is 261 g/mol. The minimum absolute atomic E-state index is 0.250. The number of hydrogen-bond acceptors (Lipinski definition) is 2. The van der Waals surface area contributed by atoms with Gasteiger partial charge in [-0.05, 0) is 64.3 Å². The zero-order chi connectivity index (χ0) is 14.0. The normalized spacial score (nSPS) is 26.9. The number of nitrogens with one attached hydrogen (secondary N) is 1. The van der Waals surface area contributed by atoms with E-state index in [9.17, 15) is 0 Å². The van der Waals surface area contributed by atoms with E-state index < -0.39 is 0 Å². The first kappa shape index (κ1) is 14.5. The summed E-state index contributed by atoms with van der Waals surface area (Å²) in [7, 11) is 2.04. The first-order valence-electron chi connectivity index (χ1n) is 7.31. The van der Waals surface area contributed by atoms with Gasteiger partial charge < -0.3 is 10.1 Å². The minimum atomic E-state index is 0.250. The van der Waals surface area contributed by atoms with Crippen molar-refractivity contribution in [3.05, 3.63) is 34.4 Å². The van der Waals surface area contributed by atoms with E-state index in [0.717, 1.165) is 26.0 Å². The fourth-order valence-corrected chi connectivity index (χ4v) is 3.54. The third kappa shape index (κ3) is 2.85. The van der Waals surface area contributed by atoms with Gasteiger partial charge in [-0.1, -0.05) is 17.7 Å². The molecule has 2 atom stereocenters. The molecule has 1 fully saturated rings. The van der Waals surface area contributed by atoms with Gasteiger partial charge in [-0.25, -0.2) is 0 Å². The molecule has 0 aromatic heterocycles. The Hall–Kier alpha value is -0.860. The quantitative estimate of drug-likeness (QED) is 0.899. The summed E-state index contributed by atoms with van der Waals surface area (Å²) in [6, 6.07) is 4.60. The molecule has 0 radical (unpaired) electrons. The van der Waals surface area contributed by atoms with E-state index >= 15 is 0 Å². The van der Waals surface area contributed by atoms with Gasteiger partial charge in [-0.3, -0.25) is 0 Å². The van der Waals surface area contributed by atoms with Crippen LogP contribution in [0.25, 0.3) is 0 Å². The largest absolute Gasteiger partial charge is 0.378 e. The molecule has 0 spiro atoms. The molecule has 2 heteroatoms. The fraction of sp³-hybridized carbons (Fsp3) is 0.647. The van der Waals surface area contributed by atoms with E-state index in [-0.39, 0.29) is 5.41 Å². The number of benzene rings is 1. The molecule has 19 heavy (non-hydrogen) atoms. The molecule has 1 aliphatic rings.